The van der Waals surface area contributed by atoms with E-state index in [1.165, 1.54) is 6.07 Å². The highest BCUT2D eigenvalue weighted by Gasteiger charge is 2.32. The first-order valence-electron chi connectivity index (χ1n) is 6.80. The molecule has 22 heavy (non-hydrogen) atoms. The van der Waals surface area contributed by atoms with Crippen molar-refractivity contribution in [3.63, 3.8) is 0 Å². The van der Waals surface area contributed by atoms with Crippen LogP contribution in [0.25, 0.3) is 0 Å². The highest BCUT2D eigenvalue weighted by atomic mass is 19.4. The van der Waals surface area contributed by atoms with Gasteiger partial charge in [-0.1, -0.05) is 12.1 Å². The average Bonchev–Trinajstić information content (AvgIpc) is 2.53. The van der Waals surface area contributed by atoms with Gasteiger partial charge in [0, 0.05) is 5.92 Å². The summed E-state index contributed by atoms with van der Waals surface area (Å²) in [5.41, 5.74) is 1.32. The van der Waals surface area contributed by atoms with Gasteiger partial charge in [0.05, 0.1) is 23.8 Å². The highest BCUT2D eigenvalue weighted by Crippen LogP contribution is 2.37. The van der Waals surface area contributed by atoms with E-state index in [1.54, 1.807) is 18.2 Å². The van der Waals surface area contributed by atoms with Crippen molar-refractivity contribution < 1.29 is 17.9 Å². The lowest BCUT2D eigenvalue weighted by molar-refractivity contribution is -0.137. The van der Waals surface area contributed by atoms with Gasteiger partial charge in [-0.3, -0.25) is 0 Å². The van der Waals surface area contributed by atoms with Gasteiger partial charge in [0.2, 0.25) is 0 Å². The Morgan fingerprint density at radius 1 is 1.14 bits per heavy atom. The number of rotatable bonds is 1. The first-order valence-corrected chi connectivity index (χ1v) is 6.80. The summed E-state index contributed by atoms with van der Waals surface area (Å²) in [5, 5.41) is 8.94. The van der Waals surface area contributed by atoms with Gasteiger partial charge in [0.1, 0.15) is 5.75 Å². The highest BCUT2D eigenvalue weighted by molar-refractivity contribution is 5.43. The second-order valence-corrected chi connectivity index (χ2v) is 5.27. The summed E-state index contributed by atoms with van der Waals surface area (Å²) in [6, 6.07) is 12.7. The summed E-state index contributed by atoms with van der Waals surface area (Å²) in [4.78, 5) is 0. The molecule has 5 heteroatoms. The van der Waals surface area contributed by atoms with E-state index in [-0.39, 0.29) is 5.92 Å². The second kappa shape index (κ2) is 5.38. The summed E-state index contributed by atoms with van der Waals surface area (Å²) < 4.78 is 44.0. The molecule has 1 atom stereocenters. The topological polar surface area (TPSA) is 33.0 Å². The Kier molecular flexibility index (Phi) is 3.53. The summed E-state index contributed by atoms with van der Waals surface area (Å²) >= 11 is 0. The van der Waals surface area contributed by atoms with Crippen LogP contribution in [0.2, 0.25) is 0 Å². The first-order chi connectivity index (χ1) is 10.5. The fourth-order valence-electron chi connectivity index (χ4n) is 2.65. The number of hydrogen-bond acceptors (Lipinski definition) is 2. The van der Waals surface area contributed by atoms with Crippen molar-refractivity contribution in [2.45, 2.75) is 18.5 Å². The molecule has 3 rings (SSSR count). The zero-order valence-corrected chi connectivity index (χ0v) is 11.5. The van der Waals surface area contributed by atoms with E-state index >= 15 is 0 Å². The van der Waals surface area contributed by atoms with E-state index in [9.17, 15) is 13.2 Å². The van der Waals surface area contributed by atoms with E-state index < -0.39 is 11.7 Å². The fraction of sp³-hybridized carbons (Fsp3) is 0.235. The van der Waals surface area contributed by atoms with Crippen molar-refractivity contribution in [3.8, 4) is 11.8 Å². The van der Waals surface area contributed by atoms with Crippen LogP contribution in [0, 0.1) is 11.3 Å². The number of hydrogen-bond donors (Lipinski definition) is 0. The van der Waals surface area contributed by atoms with Crippen LogP contribution in [-0.2, 0) is 12.6 Å². The minimum atomic E-state index is -4.36. The lowest BCUT2D eigenvalue weighted by Crippen LogP contribution is -2.20. The molecule has 2 aromatic carbocycles. The largest absolute Gasteiger partial charge is 0.493 e. The SMILES string of the molecule is N#Cc1cccc(C2COc3ccc(C(F)(F)F)cc3C2)c1. The molecule has 1 unspecified atom stereocenters. The minimum absolute atomic E-state index is 0.0516. The summed E-state index contributed by atoms with van der Waals surface area (Å²) in [6.07, 6.45) is -3.89. The van der Waals surface area contributed by atoms with E-state index in [0.717, 1.165) is 17.7 Å². The number of benzene rings is 2. The lowest BCUT2D eigenvalue weighted by Gasteiger charge is -2.26. The van der Waals surface area contributed by atoms with Gasteiger partial charge < -0.3 is 4.74 Å². The van der Waals surface area contributed by atoms with Gasteiger partial charge in [0.15, 0.2) is 0 Å². The maximum absolute atomic E-state index is 12.8. The first kappa shape index (κ1) is 14.5. The summed E-state index contributed by atoms with van der Waals surface area (Å²) in [6.45, 7) is 0.396. The van der Waals surface area contributed by atoms with Gasteiger partial charge in [-0.2, -0.15) is 18.4 Å². The van der Waals surface area contributed by atoms with Gasteiger partial charge in [0.25, 0.3) is 0 Å². The number of nitrogens with zero attached hydrogens (tertiary/aromatic N) is 1. The molecule has 0 radical (unpaired) electrons. The zero-order chi connectivity index (χ0) is 15.7. The quantitative estimate of drug-likeness (QED) is 0.787. The third-order valence-electron chi connectivity index (χ3n) is 3.78. The molecule has 0 spiro atoms. The molecule has 0 fully saturated rings. The Morgan fingerprint density at radius 3 is 2.68 bits per heavy atom. The molecular formula is C17H12F3NO. The van der Waals surface area contributed by atoms with Crippen LogP contribution in [0.1, 0.15) is 28.2 Å². The Labute approximate surface area is 125 Å². The van der Waals surface area contributed by atoms with Crippen LogP contribution in [0.3, 0.4) is 0 Å². The Hall–Kier alpha value is -2.48. The molecule has 0 N–H and O–H groups in total. The van der Waals surface area contributed by atoms with Crippen molar-refractivity contribution >= 4 is 0 Å². The van der Waals surface area contributed by atoms with Crippen LogP contribution < -0.4 is 4.74 Å². The standard InChI is InChI=1S/C17H12F3NO/c18-17(19,20)15-4-5-16-13(8-15)7-14(10-22-16)12-3-1-2-11(6-12)9-21/h1-6,8,14H,7,10H2. The van der Waals surface area contributed by atoms with Crippen LogP contribution >= 0.6 is 0 Å². The third kappa shape index (κ3) is 2.77. The van der Waals surface area contributed by atoms with Crippen molar-refractivity contribution in [3.05, 3.63) is 64.7 Å². The van der Waals surface area contributed by atoms with Crippen LogP contribution in [0.15, 0.2) is 42.5 Å². The van der Waals surface area contributed by atoms with Crippen LogP contribution in [-0.4, -0.2) is 6.61 Å². The van der Waals surface area contributed by atoms with Crippen molar-refractivity contribution in [1.82, 2.24) is 0 Å². The van der Waals surface area contributed by atoms with Crippen molar-refractivity contribution in [2.24, 2.45) is 0 Å². The molecule has 0 bridgehead atoms. The van der Waals surface area contributed by atoms with E-state index in [0.29, 0.717) is 29.9 Å². The normalized spacial score (nSPS) is 17.3. The van der Waals surface area contributed by atoms with Crippen LogP contribution in [0.4, 0.5) is 13.2 Å². The Balaban J connectivity index is 1.91. The second-order valence-electron chi connectivity index (χ2n) is 5.27. The molecule has 1 aliphatic rings. The number of nitriles is 1. The maximum Gasteiger partial charge on any atom is 0.416 e. The molecule has 0 aliphatic carbocycles. The molecule has 2 aromatic rings. The molecule has 0 aromatic heterocycles. The average molecular weight is 303 g/mol. The number of halogens is 3. The predicted molar refractivity (Wildman–Crippen MR) is 74.5 cm³/mol. The smallest absolute Gasteiger partial charge is 0.416 e. The number of ether oxygens (including phenoxy) is 1. The van der Waals surface area contributed by atoms with E-state index in [1.807, 2.05) is 6.07 Å². The molecule has 1 heterocycles. The zero-order valence-electron chi connectivity index (χ0n) is 11.5. The van der Waals surface area contributed by atoms with E-state index in [2.05, 4.69) is 6.07 Å². The van der Waals surface area contributed by atoms with Gasteiger partial charge >= 0.3 is 6.18 Å². The lowest BCUT2D eigenvalue weighted by atomic mass is 9.89. The molecule has 0 amide bonds. The molecule has 2 nitrogen and oxygen atoms in total. The van der Waals surface area contributed by atoms with Crippen molar-refractivity contribution in [1.29, 1.82) is 5.26 Å². The third-order valence-corrected chi connectivity index (χ3v) is 3.78. The summed E-state index contributed by atoms with van der Waals surface area (Å²) in [7, 11) is 0. The number of fused-ring (bicyclic) bond motifs is 1. The van der Waals surface area contributed by atoms with Gasteiger partial charge in [-0.15, -0.1) is 0 Å². The molecule has 112 valence electrons. The van der Waals surface area contributed by atoms with Crippen LogP contribution in [0.5, 0.6) is 5.75 Å². The molecule has 0 saturated heterocycles. The van der Waals surface area contributed by atoms with Crippen molar-refractivity contribution in [2.75, 3.05) is 6.61 Å². The molecular weight excluding hydrogens is 291 g/mol. The predicted octanol–water partition coefficient (Wildman–Crippen LogP) is 4.30. The van der Waals surface area contributed by atoms with Gasteiger partial charge in [-0.05, 0) is 47.9 Å². The molecule has 1 aliphatic heterocycles. The maximum atomic E-state index is 12.8. The minimum Gasteiger partial charge on any atom is -0.493 e. The fourth-order valence-corrected chi connectivity index (χ4v) is 2.65. The molecule has 0 saturated carbocycles. The number of alkyl halides is 3. The van der Waals surface area contributed by atoms with Gasteiger partial charge in [-0.25, -0.2) is 0 Å². The summed E-state index contributed by atoms with van der Waals surface area (Å²) in [5.74, 6) is 0.449. The van der Waals surface area contributed by atoms with E-state index in [4.69, 9.17) is 10.00 Å². The Bertz CT molecular complexity index is 746. The Morgan fingerprint density at radius 2 is 1.95 bits per heavy atom. The monoisotopic (exact) mass is 303 g/mol.